The summed E-state index contributed by atoms with van der Waals surface area (Å²) in [5.41, 5.74) is 5.97. The first kappa shape index (κ1) is 16.5. The van der Waals surface area contributed by atoms with E-state index in [4.69, 9.17) is 4.99 Å². The van der Waals surface area contributed by atoms with Crippen molar-refractivity contribution in [1.29, 1.82) is 0 Å². The highest BCUT2D eigenvalue weighted by Crippen LogP contribution is 2.52. The van der Waals surface area contributed by atoms with E-state index in [1.807, 2.05) is 0 Å². The van der Waals surface area contributed by atoms with Gasteiger partial charge in [0.15, 0.2) is 0 Å². The third-order valence-electron chi connectivity index (χ3n) is 5.39. The van der Waals surface area contributed by atoms with E-state index in [1.165, 1.54) is 53.9 Å². The molecule has 1 aliphatic heterocycles. The Hall–Kier alpha value is -1.35. The molecular weight excluding hydrogens is 282 g/mol. The molecule has 1 saturated carbocycles. The van der Waals surface area contributed by atoms with Gasteiger partial charge in [0.1, 0.15) is 5.84 Å². The molecule has 0 radical (unpaired) electrons. The Kier molecular flexibility index (Phi) is 5.05. The molecule has 1 aromatic rings. The van der Waals surface area contributed by atoms with Gasteiger partial charge in [0.05, 0.1) is 5.41 Å². The third-order valence-corrected chi connectivity index (χ3v) is 5.39. The first-order chi connectivity index (χ1) is 11.2. The summed E-state index contributed by atoms with van der Waals surface area (Å²) in [6, 6.07) is 4.85. The monoisotopic (exact) mass is 313 g/mol. The van der Waals surface area contributed by atoms with Crippen LogP contribution in [0, 0.1) is 0 Å². The topological polar surface area (TPSA) is 36.4 Å². The molecule has 0 atom stereocenters. The normalized spacial score (nSPS) is 19.7. The summed E-state index contributed by atoms with van der Waals surface area (Å²) in [5, 5.41) is 7.22. The van der Waals surface area contributed by atoms with E-state index < -0.39 is 0 Å². The molecule has 1 heterocycles. The van der Waals surface area contributed by atoms with Crippen LogP contribution in [0.2, 0.25) is 0 Å². The number of anilines is 1. The second kappa shape index (κ2) is 7.04. The van der Waals surface area contributed by atoms with E-state index in [0.29, 0.717) is 0 Å². The molecule has 1 spiro atoms. The van der Waals surface area contributed by atoms with E-state index >= 15 is 0 Å². The predicted molar refractivity (Wildman–Crippen MR) is 99.6 cm³/mol. The number of hydrogen-bond donors (Lipinski definition) is 2. The van der Waals surface area contributed by atoms with Crippen molar-refractivity contribution < 1.29 is 0 Å². The Bertz CT molecular complexity index is 585. The summed E-state index contributed by atoms with van der Waals surface area (Å²) in [4.78, 5) is 4.88. The smallest absolute Gasteiger partial charge is 0.111 e. The molecule has 23 heavy (non-hydrogen) atoms. The van der Waals surface area contributed by atoms with E-state index in [0.717, 1.165) is 32.5 Å². The van der Waals surface area contributed by atoms with Crippen LogP contribution in [0.1, 0.15) is 69.6 Å². The van der Waals surface area contributed by atoms with Gasteiger partial charge in [0, 0.05) is 18.8 Å². The standard InChI is InChI=1S/C20H31N3/c1-4-10-21-14-16-13-18-17(12-15(16)6-3)20(8-7-9-20)19(23-18)22-11-5-2/h12-13,21H,4-11,14H2,1-3H3,(H,22,23). The zero-order chi connectivity index (χ0) is 16.3. The largest absolute Gasteiger partial charge is 0.343 e. The quantitative estimate of drug-likeness (QED) is 0.732. The molecule has 3 nitrogen and oxygen atoms in total. The van der Waals surface area contributed by atoms with Gasteiger partial charge in [-0.15, -0.1) is 0 Å². The fraction of sp³-hybridized carbons (Fsp3) is 0.650. The maximum atomic E-state index is 4.88. The van der Waals surface area contributed by atoms with Gasteiger partial charge < -0.3 is 10.6 Å². The third kappa shape index (κ3) is 2.91. The van der Waals surface area contributed by atoms with Gasteiger partial charge in [0.25, 0.3) is 0 Å². The molecule has 0 amide bonds. The molecule has 0 unspecified atom stereocenters. The Labute approximate surface area is 141 Å². The molecule has 0 bridgehead atoms. The van der Waals surface area contributed by atoms with Crippen LogP contribution in [0.4, 0.5) is 5.69 Å². The first-order valence-electron chi connectivity index (χ1n) is 9.44. The zero-order valence-corrected chi connectivity index (χ0v) is 15.0. The summed E-state index contributed by atoms with van der Waals surface area (Å²) < 4.78 is 0. The minimum Gasteiger partial charge on any atom is -0.343 e. The lowest BCUT2D eigenvalue weighted by Crippen LogP contribution is -2.41. The maximum Gasteiger partial charge on any atom is 0.111 e. The van der Waals surface area contributed by atoms with Gasteiger partial charge in [-0.05, 0) is 61.4 Å². The lowest BCUT2D eigenvalue weighted by molar-refractivity contribution is 0.346. The van der Waals surface area contributed by atoms with E-state index in [9.17, 15) is 0 Å². The number of rotatable bonds is 7. The van der Waals surface area contributed by atoms with Crippen LogP contribution in [-0.2, 0) is 18.4 Å². The second-order valence-electron chi connectivity index (χ2n) is 6.99. The van der Waals surface area contributed by atoms with Gasteiger partial charge in [-0.25, -0.2) is 0 Å². The summed E-state index contributed by atoms with van der Waals surface area (Å²) in [6.45, 7) is 9.68. The fourth-order valence-corrected chi connectivity index (χ4v) is 3.91. The van der Waals surface area contributed by atoms with E-state index in [1.54, 1.807) is 0 Å². The first-order valence-corrected chi connectivity index (χ1v) is 9.44. The Morgan fingerprint density at radius 3 is 2.57 bits per heavy atom. The van der Waals surface area contributed by atoms with Gasteiger partial charge in [-0.1, -0.05) is 33.3 Å². The van der Waals surface area contributed by atoms with Crippen molar-refractivity contribution in [2.24, 2.45) is 4.99 Å². The number of fused-ring (bicyclic) bond motifs is 2. The van der Waals surface area contributed by atoms with Crippen LogP contribution >= 0.6 is 0 Å². The Morgan fingerprint density at radius 2 is 1.96 bits per heavy atom. The summed E-state index contributed by atoms with van der Waals surface area (Å²) in [7, 11) is 0. The van der Waals surface area contributed by atoms with Crippen LogP contribution in [0.15, 0.2) is 17.1 Å². The fourth-order valence-electron chi connectivity index (χ4n) is 3.91. The molecule has 2 aliphatic rings. The number of nitrogens with zero attached hydrogens (tertiary/aromatic N) is 1. The molecule has 0 saturated heterocycles. The van der Waals surface area contributed by atoms with Gasteiger partial charge in [0.2, 0.25) is 0 Å². The number of aryl methyl sites for hydroxylation is 1. The maximum absolute atomic E-state index is 4.88. The molecule has 3 heteroatoms. The zero-order valence-electron chi connectivity index (χ0n) is 15.0. The van der Waals surface area contributed by atoms with Crippen molar-refractivity contribution in [3.63, 3.8) is 0 Å². The van der Waals surface area contributed by atoms with Gasteiger partial charge in [-0.3, -0.25) is 4.99 Å². The number of benzene rings is 1. The van der Waals surface area contributed by atoms with Crippen LogP contribution in [-0.4, -0.2) is 18.9 Å². The molecule has 3 rings (SSSR count). The molecule has 1 aliphatic carbocycles. The molecule has 1 aromatic carbocycles. The van der Waals surface area contributed by atoms with Crippen LogP contribution < -0.4 is 10.6 Å². The van der Waals surface area contributed by atoms with Crippen molar-refractivity contribution in [2.45, 2.75) is 71.3 Å². The average molecular weight is 313 g/mol. The number of amidine groups is 1. The molecule has 126 valence electrons. The highest BCUT2D eigenvalue weighted by Gasteiger charge is 2.49. The predicted octanol–water partition coefficient (Wildman–Crippen LogP) is 4.40. The summed E-state index contributed by atoms with van der Waals surface area (Å²) in [5.74, 6) is 1.24. The van der Waals surface area contributed by atoms with Gasteiger partial charge >= 0.3 is 0 Å². The lowest BCUT2D eigenvalue weighted by atomic mass is 9.64. The number of hydrogen-bond acceptors (Lipinski definition) is 2. The SMILES string of the molecule is CCCN=C1Nc2cc(CNCCC)c(CC)cc2C12CCC2. The minimum atomic E-state index is 0.212. The Morgan fingerprint density at radius 1 is 1.13 bits per heavy atom. The van der Waals surface area contributed by atoms with Crippen molar-refractivity contribution >= 4 is 11.5 Å². The molecule has 1 fully saturated rings. The van der Waals surface area contributed by atoms with Crippen molar-refractivity contribution in [1.82, 2.24) is 5.32 Å². The molecule has 2 N–H and O–H groups in total. The van der Waals surface area contributed by atoms with Crippen molar-refractivity contribution in [2.75, 3.05) is 18.4 Å². The summed E-state index contributed by atoms with van der Waals surface area (Å²) >= 11 is 0. The Balaban J connectivity index is 1.92. The number of nitrogens with one attached hydrogen (secondary N) is 2. The van der Waals surface area contributed by atoms with E-state index in [-0.39, 0.29) is 5.41 Å². The summed E-state index contributed by atoms with van der Waals surface area (Å²) in [6.07, 6.45) is 7.24. The van der Waals surface area contributed by atoms with Crippen molar-refractivity contribution in [3.8, 4) is 0 Å². The minimum absolute atomic E-state index is 0.212. The average Bonchev–Trinajstić information content (AvgIpc) is 2.85. The highest BCUT2D eigenvalue weighted by atomic mass is 15.1. The molecular formula is C20H31N3. The lowest BCUT2D eigenvalue weighted by Gasteiger charge is -2.39. The highest BCUT2D eigenvalue weighted by molar-refractivity contribution is 6.10. The second-order valence-corrected chi connectivity index (χ2v) is 6.99. The molecule has 0 aromatic heterocycles. The van der Waals surface area contributed by atoms with Crippen LogP contribution in [0.25, 0.3) is 0 Å². The van der Waals surface area contributed by atoms with E-state index in [2.05, 4.69) is 43.5 Å². The van der Waals surface area contributed by atoms with Crippen molar-refractivity contribution in [3.05, 3.63) is 28.8 Å². The van der Waals surface area contributed by atoms with Crippen LogP contribution in [0.5, 0.6) is 0 Å². The van der Waals surface area contributed by atoms with Crippen LogP contribution in [0.3, 0.4) is 0 Å². The van der Waals surface area contributed by atoms with Gasteiger partial charge in [-0.2, -0.15) is 0 Å². The number of aliphatic imine (C=N–C) groups is 1.